The number of hydrogen-bond acceptors (Lipinski definition) is 4. The SMILES string of the molecule is O=C1C(=Cc2ccc(Cl)s2)CCc2cc(OCCc3c[nH]cn3)ccc21. The second-order valence-corrected chi connectivity index (χ2v) is 7.87. The Hall–Kier alpha value is -2.37. The summed E-state index contributed by atoms with van der Waals surface area (Å²) in [6, 6.07) is 9.52. The number of Topliss-reactive ketones (excluding diaryl/α,β-unsaturated/α-hetero) is 1. The van der Waals surface area contributed by atoms with E-state index in [4.69, 9.17) is 16.3 Å². The fourth-order valence-electron chi connectivity index (χ4n) is 3.06. The lowest BCUT2D eigenvalue weighted by molar-refractivity contribution is 0.102. The summed E-state index contributed by atoms with van der Waals surface area (Å²) in [5, 5.41) is 0. The predicted molar refractivity (Wildman–Crippen MR) is 104 cm³/mol. The van der Waals surface area contributed by atoms with Gasteiger partial charge in [0.1, 0.15) is 5.75 Å². The maximum atomic E-state index is 12.8. The zero-order valence-electron chi connectivity index (χ0n) is 14.0. The highest BCUT2D eigenvalue weighted by atomic mass is 35.5. The topological polar surface area (TPSA) is 55.0 Å². The summed E-state index contributed by atoms with van der Waals surface area (Å²) >= 11 is 7.46. The molecule has 6 heteroatoms. The molecule has 4 nitrogen and oxygen atoms in total. The Morgan fingerprint density at radius 2 is 2.19 bits per heavy atom. The highest BCUT2D eigenvalue weighted by molar-refractivity contribution is 7.17. The van der Waals surface area contributed by atoms with E-state index in [0.717, 1.165) is 56.6 Å². The number of halogens is 1. The molecule has 1 aliphatic rings. The molecule has 0 bridgehead atoms. The zero-order chi connectivity index (χ0) is 17.9. The second kappa shape index (κ2) is 7.48. The molecule has 132 valence electrons. The molecule has 1 aromatic carbocycles. The lowest BCUT2D eigenvalue weighted by Crippen LogP contribution is -2.14. The van der Waals surface area contributed by atoms with Crippen LogP contribution in [0.2, 0.25) is 4.34 Å². The van der Waals surface area contributed by atoms with Crippen molar-refractivity contribution in [2.75, 3.05) is 6.61 Å². The molecule has 1 N–H and O–H groups in total. The monoisotopic (exact) mass is 384 g/mol. The number of ketones is 1. The predicted octanol–water partition coefficient (Wildman–Crippen LogP) is 4.96. The fourth-order valence-corrected chi connectivity index (χ4v) is 4.09. The Morgan fingerprint density at radius 1 is 1.27 bits per heavy atom. The van der Waals surface area contributed by atoms with Gasteiger partial charge in [-0.15, -0.1) is 11.3 Å². The van der Waals surface area contributed by atoms with Gasteiger partial charge in [-0.3, -0.25) is 4.79 Å². The number of nitrogens with one attached hydrogen (secondary N) is 1. The summed E-state index contributed by atoms with van der Waals surface area (Å²) in [7, 11) is 0. The van der Waals surface area contributed by atoms with Gasteiger partial charge in [0.2, 0.25) is 0 Å². The molecular formula is C20H17ClN2O2S. The molecule has 0 saturated heterocycles. The minimum Gasteiger partial charge on any atom is -0.493 e. The van der Waals surface area contributed by atoms with Gasteiger partial charge in [-0.25, -0.2) is 4.98 Å². The maximum Gasteiger partial charge on any atom is 0.189 e. The van der Waals surface area contributed by atoms with Gasteiger partial charge >= 0.3 is 0 Å². The average molecular weight is 385 g/mol. The number of hydrogen-bond donors (Lipinski definition) is 1. The summed E-state index contributed by atoms with van der Waals surface area (Å²) in [4.78, 5) is 20.9. The van der Waals surface area contributed by atoms with Crippen molar-refractivity contribution >= 4 is 34.8 Å². The van der Waals surface area contributed by atoms with Gasteiger partial charge in [-0.2, -0.15) is 0 Å². The number of aryl methyl sites for hydroxylation is 1. The normalized spacial score (nSPS) is 15.3. The first-order valence-corrected chi connectivity index (χ1v) is 9.62. The zero-order valence-corrected chi connectivity index (χ0v) is 15.6. The van der Waals surface area contributed by atoms with Crippen LogP contribution in [0.1, 0.15) is 32.9 Å². The molecule has 2 aromatic heterocycles. The summed E-state index contributed by atoms with van der Waals surface area (Å²) < 4.78 is 6.55. The molecule has 0 aliphatic heterocycles. The van der Waals surface area contributed by atoms with Crippen molar-refractivity contribution in [1.29, 1.82) is 0 Å². The number of fused-ring (bicyclic) bond motifs is 1. The largest absolute Gasteiger partial charge is 0.493 e. The number of H-pyrrole nitrogens is 1. The van der Waals surface area contributed by atoms with Crippen molar-refractivity contribution in [3.05, 3.63) is 74.5 Å². The van der Waals surface area contributed by atoms with E-state index in [-0.39, 0.29) is 5.78 Å². The molecule has 26 heavy (non-hydrogen) atoms. The lowest BCUT2D eigenvalue weighted by atomic mass is 9.86. The maximum absolute atomic E-state index is 12.8. The van der Waals surface area contributed by atoms with Gasteiger partial charge in [0.15, 0.2) is 5.78 Å². The minimum absolute atomic E-state index is 0.0962. The molecule has 0 spiro atoms. The number of allylic oxidation sites excluding steroid dienone is 1. The van der Waals surface area contributed by atoms with Crippen LogP contribution in [0, 0.1) is 0 Å². The van der Waals surface area contributed by atoms with E-state index in [1.807, 2.05) is 42.6 Å². The average Bonchev–Trinajstić information content (AvgIpc) is 3.29. The van der Waals surface area contributed by atoms with E-state index < -0.39 is 0 Å². The van der Waals surface area contributed by atoms with Crippen LogP contribution in [0.5, 0.6) is 5.75 Å². The number of ether oxygens (including phenoxy) is 1. The van der Waals surface area contributed by atoms with Crippen LogP contribution in [0.3, 0.4) is 0 Å². The first kappa shape index (κ1) is 17.1. The highest BCUT2D eigenvalue weighted by Crippen LogP contribution is 2.31. The Kier molecular flexibility index (Phi) is 4.91. The number of aromatic amines is 1. The summed E-state index contributed by atoms with van der Waals surface area (Å²) in [5.41, 5.74) is 3.63. The van der Waals surface area contributed by atoms with E-state index in [0.29, 0.717) is 6.61 Å². The van der Waals surface area contributed by atoms with E-state index in [2.05, 4.69) is 9.97 Å². The minimum atomic E-state index is 0.0962. The molecule has 0 atom stereocenters. The Balaban J connectivity index is 1.46. The smallest absolute Gasteiger partial charge is 0.189 e. The first-order valence-electron chi connectivity index (χ1n) is 8.43. The molecular weight excluding hydrogens is 368 g/mol. The Morgan fingerprint density at radius 3 is 2.96 bits per heavy atom. The molecule has 0 fully saturated rings. The van der Waals surface area contributed by atoms with Crippen LogP contribution in [-0.4, -0.2) is 22.4 Å². The summed E-state index contributed by atoms with van der Waals surface area (Å²) in [5.74, 6) is 0.892. The molecule has 0 radical (unpaired) electrons. The van der Waals surface area contributed by atoms with Crippen LogP contribution in [0.25, 0.3) is 6.08 Å². The fraction of sp³-hybridized carbons (Fsp3) is 0.200. The number of aromatic nitrogens is 2. The quantitative estimate of drug-likeness (QED) is 0.632. The number of carbonyl (C=O) groups is 1. The second-order valence-electron chi connectivity index (χ2n) is 6.12. The van der Waals surface area contributed by atoms with E-state index >= 15 is 0 Å². The van der Waals surface area contributed by atoms with Gasteiger partial charge in [-0.1, -0.05) is 11.6 Å². The van der Waals surface area contributed by atoms with E-state index in [9.17, 15) is 4.79 Å². The molecule has 1 aliphatic carbocycles. The molecule has 4 rings (SSSR count). The van der Waals surface area contributed by atoms with Crippen molar-refractivity contribution in [3.63, 3.8) is 0 Å². The van der Waals surface area contributed by atoms with Crippen LogP contribution < -0.4 is 4.74 Å². The molecule has 0 amide bonds. The summed E-state index contributed by atoms with van der Waals surface area (Å²) in [6.07, 6.45) is 7.80. The van der Waals surface area contributed by atoms with Crippen molar-refractivity contribution < 1.29 is 9.53 Å². The molecule has 0 saturated carbocycles. The van der Waals surface area contributed by atoms with Gasteiger partial charge in [0.05, 0.1) is 23.0 Å². The number of carbonyl (C=O) groups excluding carboxylic acids is 1. The Labute approximate surface area is 160 Å². The van der Waals surface area contributed by atoms with Crippen molar-refractivity contribution in [1.82, 2.24) is 9.97 Å². The number of imidazole rings is 1. The van der Waals surface area contributed by atoms with Crippen LogP contribution >= 0.6 is 22.9 Å². The lowest BCUT2D eigenvalue weighted by Gasteiger charge is -2.18. The Bertz CT molecular complexity index is 960. The number of thiophene rings is 1. The van der Waals surface area contributed by atoms with Crippen LogP contribution in [0.4, 0.5) is 0 Å². The molecule has 3 aromatic rings. The molecule has 0 unspecified atom stereocenters. The first-order chi connectivity index (χ1) is 12.7. The van der Waals surface area contributed by atoms with Gasteiger partial charge < -0.3 is 9.72 Å². The van der Waals surface area contributed by atoms with Crippen molar-refractivity contribution in [2.24, 2.45) is 0 Å². The van der Waals surface area contributed by atoms with Gasteiger partial charge in [0, 0.05) is 28.6 Å². The van der Waals surface area contributed by atoms with Gasteiger partial charge in [0.25, 0.3) is 0 Å². The summed E-state index contributed by atoms with van der Waals surface area (Å²) in [6.45, 7) is 0.557. The van der Waals surface area contributed by atoms with Crippen molar-refractivity contribution in [3.8, 4) is 5.75 Å². The number of nitrogens with zero attached hydrogens (tertiary/aromatic N) is 1. The third-order valence-corrected chi connectivity index (χ3v) is 5.55. The van der Waals surface area contributed by atoms with Gasteiger partial charge in [-0.05, 0) is 54.8 Å². The standard InChI is InChI=1S/C20H17ClN2O2S/c21-19-6-4-17(26-19)10-14-2-1-13-9-16(3-5-18(13)20(14)24)25-8-7-15-11-22-12-23-15/h3-6,9-12H,1-2,7-8H2,(H,22,23). The van der Waals surface area contributed by atoms with E-state index in [1.54, 1.807) is 6.33 Å². The number of rotatable bonds is 5. The van der Waals surface area contributed by atoms with Crippen LogP contribution in [0.15, 0.2) is 48.4 Å². The highest BCUT2D eigenvalue weighted by Gasteiger charge is 2.22. The molecule has 2 heterocycles. The third kappa shape index (κ3) is 3.74. The number of benzene rings is 1. The van der Waals surface area contributed by atoms with E-state index in [1.165, 1.54) is 11.3 Å². The van der Waals surface area contributed by atoms with Crippen LogP contribution in [-0.2, 0) is 12.8 Å². The van der Waals surface area contributed by atoms with Crippen molar-refractivity contribution in [2.45, 2.75) is 19.3 Å². The third-order valence-electron chi connectivity index (χ3n) is 4.37.